The lowest BCUT2D eigenvalue weighted by atomic mass is 10.1. The normalized spacial score (nSPS) is 21.8. The second-order valence-corrected chi connectivity index (χ2v) is 7.00. The van der Waals surface area contributed by atoms with E-state index in [1.807, 2.05) is 40.1 Å². The zero-order valence-electron chi connectivity index (χ0n) is 11.3. The average Bonchev–Trinajstić information content (AvgIpc) is 2.24. The third-order valence-corrected chi connectivity index (χ3v) is 5.47. The largest absolute Gasteiger partial charge is 0.368 e. The van der Waals surface area contributed by atoms with Crippen LogP contribution in [0.1, 0.15) is 11.1 Å². The van der Waals surface area contributed by atoms with Gasteiger partial charge in [0.25, 0.3) is 0 Å². The maximum Gasteiger partial charge on any atom is 0.182 e. The van der Waals surface area contributed by atoms with Crippen molar-refractivity contribution in [1.29, 1.82) is 0 Å². The van der Waals surface area contributed by atoms with Gasteiger partial charge in [0.2, 0.25) is 0 Å². The second kappa shape index (κ2) is 4.55. The van der Waals surface area contributed by atoms with Gasteiger partial charge in [-0.2, -0.15) is 0 Å². The highest BCUT2D eigenvalue weighted by atomic mass is 32.2. The molecular weight excluding hydrogens is 248 g/mol. The smallest absolute Gasteiger partial charge is 0.182 e. The molecule has 1 aromatic rings. The predicted molar refractivity (Wildman–Crippen MR) is 74.1 cm³/mol. The molecule has 1 aliphatic rings. The van der Waals surface area contributed by atoms with E-state index in [1.165, 1.54) is 0 Å². The first-order chi connectivity index (χ1) is 8.36. The van der Waals surface area contributed by atoms with Gasteiger partial charge in [0.15, 0.2) is 9.84 Å². The molecule has 1 N–H and O–H groups in total. The van der Waals surface area contributed by atoms with Gasteiger partial charge in [0.05, 0.1) is 22.4 Å². The van der Waals surface area contributed by atoms with Gasteiger partial charge >= 0.3 is 0 Å². The molecule has 4 nitrogen and oxygen atoms in total. The molecule has 5 heteroatoms. The van der Waals surface area contributed by atoms with E-state index >= 15 is 0 Å². The van der Waals surface area contributed by atoms with Gasteiger partial charge in [-0.15, -0.1) is 0 Å². The van der Waals surface area contributed by atoms with Crippen LogP contribution in [0.25, 0.3) is 0 Å². The molecule has 1 heterocycles. The van der Waals surface area contributed by atoms with Gasteiger partial charge < -0.3 is 10.2 Å². The summed E-state index contributed by atoms with van der Waals surface area (Å²) in [5.41, 5.74) is 2.78. The summed E-state index contributed by atoms with van der Waals surface area (Å²) in [5.74, 6) is 0.182. The third kappa shape index (κ3) is 2.12. The van der Waals surface area contributed by atoms with Gasteiger partial charge in [-0.25, -0.2) is 8.42 Å². The Bertz CT molecular complexity index is 567. The van der Waals surface area contributed by atoms with Crippen molar-refractivity contribution < 1.29 is 8.42 Å². The van der Waals surface area contributed by atoms with Gasteiger partial charge in [-0.1, -0.05) is 6.07 Å². The minimum absolute atomic E-state index is 0.00583. The van der Waals surface area contributed by atoms with E-state index in [9.17, 15) is 8.42 Å². The van der Waals surface area contributed by atoms with Crippen LogP contribution < -0.4 is 10.2 Å². The predicted octanol–water partition coefficient (Wildman–Crippen LogP) is 1.11. The van der Waals surface area contributed by atoms with Crippen LogP contribution in [0.2, 0.25) is 0 Å². The van der Waals surface area contributed by atoms with E-state index in [0.29, 0.717) is 11.4 Å². The summed E-state index contributed by atoms with van der Waals surface area (Å²) in [5, 5.41) is 3.06. The number of hydrogen-bond donors (Lipinski definition) is 1. The van der Waals surface area contributed by atoms with Crippen LogP contribution in [0, 0.1) is 13.8 Å². The summed E-state index contributed by atoms with van der Waals surface area (Å²) in [6.07, 6.45) is 0. The van der Waals surface area contributed by atoms with Gasteiger partial charge in [0.1, 0.15) is 0 Å². The zero-order valence-corrected chi connectivity index (χ0v) is 12.1. The highest BCUT2D eigenvalue weighted by molar-refractivity contribution is 7.91. The molecule has 0 bridgehead atoms. The van der Waals surface area contributed by atoms with Gasteiger partial charge in [-0.3, -0.25) is 0 Å². The highest BCUT2D eigenvalue weighted by Gasteiger charge is 2.34. The summed E-state index contributed by atoms with van der Waals surface area (Å²) in [6.45, 7) is 4.53. The molecule has 100 valence electrons. The number of anilines is 1. The Kier molecular flexibility index (Phi) is 3.38. The lowest BCUT2D eigenvalue weighted by Crippen LogP contribution is -2.47. The third-order valence-electron chi connectivity index (χ3n) is 3.49. The fourth-order valence-electron chi connectivity index (χ4n) is 2.68. The Morgan fingerprint density at radius 1 is 1.39 bits per heavy atom. The summed E-state index contributed by atoms with van der Waals surface area (Å²) >= 11 is 0. The van der Waals surface area contributed by atoms with Crippen LogP contribution in [0.3, 0.4) is 0 Å². The number of likely N-dealkylation sites (N-methyl/N-ethyl adjacent to an activating group) is 2. The van der Waals surface area contributed by atoms with E-state index in [0.717, 1.165) is 16.8 Å². The number of rotatable bonds is 2. The van der Waals surface area contributed by atoms with Crippen molar-refractivity contribution in [2.75, 3.05) is 31.3 Å². The first-order valence-electron chi connectivity index (χ1n) is 6.08. The highest BCUT2D eigenvalue weighted by Crippen LogP contribution is 2.35. The molecule has 0 fully saturated rings. The Labute approximate surface area is 109 Å². The molecule has 1 aliphatic heterocycles. The maximum absolute atomic E-state index is 12.4. The number of hydrogen-bond acceptors (Lipinski definition) is 4. The van der Waals surface area contributed by atoms with E-state index in [4.69, 9.17) is 0 Å². The number of nitrogens with zero attached hydrogens (tertiary/aromatic N) is 1. The minimum atomic E-state index is -3.18. The Balaban J connectivity index is 2.62. The summed E-state index contributed by atoms with van der Waals surface area (Å²) in [6, 6.07) is 3.89. The topological polar surface area (TPSA) is 49.4 Å². The van der Waals surface area contributed by atoms with Crippen molar-refractivity contribution in [2.24, 2.45) is 0 Å². The Morgan fingerprint density at radius 2 is 2.06 bits per heavy atom. The Morgan fingerprint density at radius 3 is 2.67 bits per heavy atom. The zero-order chi connectivity index (χ0) is 13.5. The summed E-state index contributed by atoms with van der Waals surface area (Å²) in [7, 11) is 0.636. The van der Waals surface area contributed by atoms with Gasteiger partial charge in [0, 0.05) is 13.6 Å². The lowest BCUT2D eigenvalue weighted by Gasteiger charge is -2.36. The molecule has 1 unspecified atom stereocenters. The summed E-state index contributed by atoms with van der Waals surface area (Å²) in [4.78, 5) is 2.58. The molecule has 0 saturated carbocycles. The van der Waals surface area contributed by atoms with Crippen molar-refractivity contribution in [2.45, 2.75) is 24.8 Å². The first kappa shape index (κ1) is 13.4. The van der Waals surface area contributed by atoms with E-state index in [1.54, 1.807) is 0 Å². The molecule has 0 amide bonds. The summed E-state index contributed by atoms with van der Waals surface area (Å²) < 4.78 is 24.8. The van der Waals surface area contributed by atoms with Crippen LogP contribution in [0.5, 0.6) is 0 Å². The lowest BCUT2D eigenvalue weighted by molar-refractivity contribution is 0.560. The van der Waals surface area contributed by atoms with Crippen molar-refractivity contribution in [3.63, 3.8) is 0 Å². The minimum Gasteiger partial charge on any atom is -0.368 e. The van der Waals surface area contributed by atoms with Crippen molar-refractivity contribution in [1.82, 2.24) is 5.32 Å². The van der Waals surface area contributed by atoms with E-state index in [2.05, 4.69) is 10.2 Å². The molecule has 1 atom stereocenters. The van der Waals surface area contributed by atoms with Crippen LogP contribution in [-0.4, -0.2) is 40.9 Å². The monoisotopic (exact) mass is 268 g/mol. The quantitative estimate of drug-likeness (QED) is 0.873. The number of fused-ring (bicyclic) bond motifs is 1. The van der Waals surface area contributed by atoms with Crippen LogP contribution >= 0.6 is 0 Å². The molecule has 0 saturated heterocycles. The molecular formula is C13H20N2O2S. The Hall–Kier alpha value is -1.07. The van der Waals surface area contributed by atoms with Crippen molar-refractivity contribution >= 4 is 15.5 Å². The van der Waals surface area contributed by atoms with Crippen molar-refractivity contribution in [3.05, 3.63) is 23.3 Å². The molecule has 0 radical (unpaired) electrons. The maximum atomic E-state index is 12.4. The SMILES string of the molecule is CNCC1CS(=O)(=O)c2c(C)cc(C)cc2N1C. The molecule has 18 heavy (non-hydrogen) atoms. The van der Waals surface area contributed by atoms with Crippen LogP contribution in [-0.2, 0) is 9.84 Å². The first-order valence-corrected chi connectivity index (χ1v) is 7.73. The molecule has 0 aliphatic carbocycles. The van der Waals surface area contributed by atoms with E-state index < -0.39 is 9.84 Å². The number of nitrogens with one attached hydrogen (secondary N) is 1. The fraction of sp³-hybridized carbons (Fsp3) is 0.538. The number of sulfone groups is 1. The molecule has 0 spiro atoms. The number of aryl methyl sites for hydroxylation is 2. The second-order valence-electron chi connectivity index (χ2n) is 5.03. The van der Waals surface area contributed by atoms with Crippen LogP contribution in [0.4, 0.5) is 5.69 Å². The standard InChI is InChI=1S/C13H20N2O2S/c1-9-5-10(2)13-12(6-9)15(4)11(7-14-3)8-18(13,16)17/h5-6,11,14H,7-8H2,1-4H3. The fourth-order valence-corrected chi connectivity index (χ4v) is 4.76. The number of benzene rings is 1. The van der Waals surface area contributed by atoms with Crippen LogP contribution in [0.15, 0.2) is 17.0 Å². The van der Waals surface area contributed by atoms with E-state index in [-0.39, 0.29) is 11.8 Å². The van der Waals surface area contributed by atoms with Gasteiger partial charge in [-0.05, 0) is 38.1 Å². The molecule has 1 aromatic carbocycles. The average molecular weight is 268 g/mol. The van der Waals surface area contributed by atoms with Crippen molar-refractivity contribution in [3.8, 4) is 0 Å². The molecule has 2 rings (SSSR count). The molecule has 0 aromatic heterocycles.